The molecule has 1 aliphatic rings. The quantitative estimate of drug-likeness (QED) is 0.908. The molecule has 1 aromatic rings. The Morgan fingerprint density at radius 1 is 1.40 bits per heavy atom. The Balaban J connectivity index is 1.74. The van der Waals surface area contributed by atoms with E-state index >= 15 is 0 Å². The predicted octanol–water partition coefficient (Wildman–Crippen LogP) is 2.78. The standard InChI is InChI=1S/C15H21ClN2O2/c1-18(10-14-4-2-3-9-20-14)11-15(19)17-13-7-5-12(16)6-8-13/h5-8,14H,2-4,9-11H2,1H3,(H,17,19)/t14-/m0/s1. The number of carbonyl (C=O) groups excluding carboxylic acids is 1. The molecule has 0 spiro atoms. The lowest BCUT2D eigenvalue weighted by atomic mass is 10.1. The van der Waals surface area contributed by atoms with Crippen molar-refractivity contribution in [3.8, 4) is 0 Å². The minimum atomic E-state index is -0.0226. The highest BCUT2D eigenvalue weighted by Gasteiger charge is 2.17. The molecular weight excluding hydrogens is 276 g/mol. The van der Waals surface area contributed by atoms with Crippen LogP contribution < -0.4 is 5.32 Å². The molecule has 1 amide bonds. The van der Waals surface area contributed by atoms with E-state index in [2.05, 4.69) is 5.32 Å². The molecular formula is C15H21ClN2O2. The topological polar surface area (TPSA) is 41.6 Å². The van der Waals surface area contributed by atoms with Crippen molar-refractivity contribution in [2.75, 3.05) is 32.1 Å². The Labute approximate surface area is 125 Å². The van der Waals surface area contributed by atoms with Gasteiger partial charge in [0.15, 0.2) is 0 Å². The van der Waals surface area contributed by atoms with Gasteiger partial charge in [0.25, 0.3) is 0 Å². The first-order chi connectivity index (χ1) is 9.63. The van der Waals surface area contributed by atoms with Crippen molar-refractivity contribution in [3.05, 3.63) is 29.3 Å². The summed E-state index contributed by atoms with van der Waals surface area (Å²) < 4.78 is 5.67. The van der Waals surface area contributed by atoms with E-state index in [0.717, 1.165) is 31.7 Å². The van der Waals surface area contributed by atoms with Gasteiger partial charge in [-0.15, -0.1) is 0 Å². The van der Waals surface area contributed by atoms with Gasteiger partial charge in [-0.2, -0.15) is 0 Å². The van der Waals surface area contributed by atoms with Gasteiger partial charge >= 0.3 is 0 Å². The Bertz CT molecular complexity index is 430. The molecule has 1 aliphatic heterocycles. The van der Waals surface area contributed by atoms with Gasteiger partial charge in [-0.3, -0.25) is 9.69 Å². The zero-order valence-electron chi connectivity index (χ0n) is 11.8. The maximum atomic E-state index is 11.9. The van der Waals surface area contributed by atoms with Crippen LogP contribution in [0.5, 0.6) is 0 Å². The average Bonchev–Trinajstić information content (AvgIpc) is 2.42. The van der Waals surface area contributed by atoms with Gasteiger partial charge in [0, 0.05) is 23.9 Å². The van der Waals surface area contributed by atoms with Crippen LogP contribution in [0.2, 0.25) is 5.02 Å². The molecule has 4 nitrogen and oxygen atoms in total. The van der Waals surface area contributed by atoms with Crippen LogP contribution in [-0.2, 0) is 9.53 Å². The first kappa shape index (κ1) is 15.3. The number of nitrogens with one attached hydrogen (secondary N) is 1. The van der Waals surface area contributed by atoms with Gasteiger partial charge in [-0.05, 0) is 50.6 Å². The highest BCUT2D eigenvalue weighted by atomic mass is 35.5. The second-order valence-corrected chi connectivity index (χ2v) is 5.68. The number of likely N-dealkylation sites (N-methyl/N-ethyl adjacent to an activating group) is 1. The van der Waals surface area contributed by atoms with E-state index in [9.17, 15) is 4.79 Å². The number of nitrogens with zero attached hydrogens (tertiary/aromatic N) is 1. The zero-order valence-corrected chi connectivity index (χ0v) is 12.5. The summed E-state index contributed by atoms with van der Waals surface area (Å²) in [5.41, 5.74) is 0.765. The molecule has 20 heavy (non-hydrogen) atoms. The molecule has 1 heterocycles. The maximum absolute atomic E-state index is 11.9. The molecule has 2 rings (SSSR count). The summed E-state index contributed by atoms with van der Waals surface area (Å²) in [6.45, 7) is 2.01. The van der Waals surface area contributed by atoms with Gasteiger partial charge in [-0.1, -0.05) is 11.6 Å². The first-order valence-corrected chi connectivity index (χ1v) is 7.37. The van der Waals surface area contributed by atoms with E-state index in [1.807, 2.05) is 11.9 Å². The van der Waals surface area contributed by atoms with Gasteiger partial charge in [0.05, 0.1) is 12.6 Å². The second-order valence-electron chi connectivity index (χ2n) is 5.24. The minimum Gasteiger partial charge on any atom is -0.377 e. The van der Waals surface area contributed by atoms with E-state index < -0.39 is 0 Å². The molecule has 1 fully saturated rings. The molecule has 0 aliphatic carbocycles. The van der Waals surface area contributed by atoms with E-state index in [1.54, 1.807) is 24.3 Å². The molecule has 1 atom stereocenters. The van der Waals surface area contributed by atoms with Crippen LogP contribution in [-0.4, -0.2) is 43.7 Å². The van der Waals surface area contributed by atoms with Crippen molar-refractivity contribution < 1.29 is 9.53 Å². The van der Waals surface area contributed by atoms with Crippen molar-refractivity contribution >= 4 is 23.2 Å². The summed E-state index contributed by atoms with van der Waals surface area (Å²) in [6, 6.07) is 7.11. The Morgan fingerprint density at radius 2 is 2.15 bits per heavy atom. The summed E-state index contributed by atoms with van der Waals surface area (Å²) in [7, 11) is 1.94. The average molecular weight is 297 g/mol. The zero-order chi connectivity index (χ0) is 14.4. The minimum absolute atomic E-state index is 0.0226. The van der Waals surface area contributed by atoms with Crippen LogP contribution in [0.15, 0.2) is 24.3 Å². The molecule has 0 radical (unpaired) electrons. The fourth-order valence-electron chi connectivity index (χ4n) is 2.34. The van der Waals surface area contributed by atoms with Crippen molar-refractivity contribution in [2.45, 2.75) is 25.4 Å². The Morgan fingerprint density at radius 3 is 2.80 bits per heavy atom. The highest BCUT2D eigenvalue weighted by molar-refractivity contribution is 6.30. The molecule has 0 saturated carbocycles. The highest BCUT2D eigenvalue weighted by Crippen LogP contribution is 2.14. The summed E-state index contributed by atoms with van der Waals surface area (Å²) in [6.07, 6.45) is 3.72. The predicted molar refractivity (Wildman–Crippen MR) is 81.2 cm³/mol. The van der Waals surface area contributed by atoms with Crippen molar-refractivity contribution in [1.82, 2.24) is 4.90 Å². The van der Waals surface area contributed by atoms with Gasteiger partial charge in [0.2, 0.25) is 5.91 Å². The third-order valence-electron chi connectivity index (χ3n) is 3.33. The number of benzene rings is 1. The number of hydrogen-bond donors (Lipinski definition) is 1. The van der Waals surface area contributed by atoms with Crippen LogP contribution >= 0.6 is 11.6 Å². The smallest absolute Gasteiger partial charge is 0.238 e. The van der Waals surface area contributed by atoms with Crippen LogP contribution in [0.4, 0.5) is 5.69 Å². The fraction of sp³-hybridized carbons (Fsp3) is 0.533. The number of amides is 1. The third kappa shape index (κ3) is 5.12. The molecule has 110 valence electrons. The molecule has 5 heteroatoms. The van der Waals surface area contributed by atoms with Crippen LogP contribution in [0.25, 0.3) is 0 Å². The number of carbonyl (C=O) groups is 1. The second kappa shape index (κ2) is 7.62. The largest absolute Gasteiger partial charge is 0.377 e. The molecule has 1 saturated heterocycles. The summed E-state index contributed by atoms with van der Waals surface area (Å²) >= 11 is 5.81. The maximum Gasteiger partial charge on any atom is 0.238 e. The number of hydrogen-bond acceptors (Lipinski definition) is 3. The lowest BCUT2D eigenvalue weighted by molar-refractivity contribution is -0.117. The van der Waals surface area contributed by atoms with Gasteiger partial charge in [-0.25, -0.2) is 0 Å². The summed E-state index contributed by atoms with van der Waals surface area (Å²) in [4.78, 5) is 13.9. The van der Waals surface area contributed by atoms with Crippen molar-refractivity contribution in [2.24, 2.45) is 0 Å². The first-order valence-electron chi connectivity index (χ1n) is 6.99. The lowest BCUT2D eigenvalue weighted by Gasteiger charge is -2.27. The summed E-state index contributed by atoms with van der Waals surface area (Å²) in [5, 5.41) is 3.52. The van der Waals surface area contributed by atoms with Crippen molar-refractivity contribution in [3.63, 3.8) is 0 Å². The SMILES string of the molecule is CN(CC(=O)Nc1ccc(Cl)cc1)C[C@@H]1CCCCO1. The van der Waals surface area contributed by atoms with Crippen LogP contribution in [0.3, 0.4) is 0 Å². The van der Waals surface area contributed by atoms with E-state index in [4.69, 9.17) is 16.3 Å². The molecule has 0 unspecified atom stereocenters. The van der Waals surface area contributed by atoms with Gasteiger partial charge in [0.1, 0.15) is 0 Å². The number of ether oxygens (including phenoxy) is 1. The van der Waals surface area contributed by atoms with Crippen LogP contribution in [0, 0.1) is 0 Å². The molecule has 0 aromatic heterocycles. The number of halogens is 1. The third-order valence-corrected chi connectivity index (χ3v) is 3.58. The van der Waals surface area contributed by atoms with Crippen LogP contribution in [0.1, 0.15) is 19.3 Å². The number of rotatable bonds is 5. The molecule has 1 aromatic carbocycles. The lowest BCUT2D eigenvalue weighted by Crippen LogP contribution is -2.37. The van der Waals surface area contributed by atoms with Crippen molar-refractivity contribution in [1.29, 1.82) is 0 Å². The van der Waals surface area contributed by atoms with E-state index in [-0.39, 0.29) is 12.0 Å². The molecule has 1 N–H and O–H groups in total. The monoisotopic (exact) mass is 296 g/mol. The Kier molecular flexibility index (Phi) is 5.83. The normalized spacial score (nSPS) is 19.1. The molecule has 0 bridgehead atoms. The summed E-state index contributed by atoms with van der Waals surface area (Å²) in [5.74, 6) is -0.0226. The number of anilines is 1. The van der Waals surface area contributed by atoms with E-state index in [1.165, 1.54) is 6.42 Å². The Hall–Kier alpha value is -1.10. The van der Waals surface area contributed by atoms with Gasteiger partial charge < -0.3 is 10.1 Å². The van der Waals surface area contributed by atoms with E-state index in [0.29, 0.717) is 11.6 Å². The fourth-order valence-corrected chi connectivity index (χ4v) is 2.47.